The van der Waals surface area contributed by atoms with E-state index < -0.39 is 92.7 Å². The molecule has 0 aromatic heterocycles. The van der Waals surface area contributed by atoms with Crippen LogP contribution >= 0.6 is 56.1 Å². The molecule has 31 heteroatoms. The van der Waals surface area contributed by atoms with Crippen LogP contribution in [0.5, 0.6) is 0 Å². The number of hydrogen-bond donors (Lipinski definition) is 7. The van der Waals surface area contributed by atoms with Crippen molar-refractivity contribution in [3.63, 3.8) is 0 Å². The van der Waals surface area contributed by atoms with Gasteiger partial charge in [0.15, 0.2) is 18.3 Å². The zero-order valence-electron chi connectivity index (χ0n) is 16.7. The molecule has 11 atom stereocenters. The highest BCUT2D eigenvalue weighted by Gasteiger charge is 2.63. The van der Waals surface area contributed by atoms with Crippen molar-refractivity contribution in [1.82, 2.24) is 0 Å². The Kier molecular flexibility index (Phi) is 12.9. The molecule has 0 saturated heterocycles. The van der Waals surface area contributed by atoms with Gasteiger partial charge in [0.05, 0.1) is 0 Å². The Labute approximate surface area is 205 Å². The first-order valence-electron chi connectivity index (χ1n) is 8.11. The minimum Gasteiger partial charge on any atom is -0.566 e. The van der Waals surface area contributed by atoms with Gasteiger partial charge < -0.3 is 49.1 Å². The van der Waals surface area contributed by atoms with Crippen molar-refractivity contribution in [3.8, 4) is 0 Å². The Bertz CT molecular complexity index is 1060. The minimum absolute atomic E-state index is 2.77. The predicted molar refractivity (Wildman–Crippen MR) is 99.1 cm³/mol. The second-order valence-corrected chi connectivity index (χ2v) is 13.6. The summed E-state index contributed by atoms with van der Waals surface area (Å²) in [6, 6.07) is 0. The van der Waals surface area contributed by atoms with Crippen LogP contribution in [0, 0.1) is 0 Å². The number of hydrogen-bond acceptors (Lipinski definition) is 18. The van der Waals surface area contributed by atoms with Crippen LogP contribution in [0.4, 0.5) is 0 Å². The lowest BCUT2D eigenvalue weighted by Crippen LogP contribution is -2.65. The van der Waals surface area contributed by atoms with Crippen molar-refractivity contribution in [2.45, 2.75) is 36.6 Å². The molecular formula is C6H13O24P7. The molecule has 0 heterocycles. The van der Waals surface area contributed by atoms with Gasteiger partial charge >= 0.3 is 56.1 Å². The molecule has 0 bridgehead atoms. The summed E-state index contributed by atoms with van der Waals surface area (Å²) in [7, 11) is -36.8. The van der Waals surface area contributed by atoms with Crippen molar-refractivity contribution < 1.29 is 112 Å². The van der Waals surface area contributed by atoms with Gasteiger partial charge in [-0.3, -0.25) is 9.05 Å². The van der Waals surface area contributed by atoms with E-state index in [9.17, 15) is 61.5 Å². The van der Waals surface area contributed by atoms with Crippen molar-refractivity contribution in [2.75, 3.05) is 0 Å². The molecule has 1 aliphatic carbocycles. The largest absolute Gasteiger partial charge is 0.566 e. The molecule has 37 heavy (non-hydrogen) atoms. The first-order chi connectivity index (χ1) is 16.4. The Morgan fingerprint density at radius 1 is 0.541 bits per heavy atom. The second kappa shape index (κ2) is 13.5. The van der Waals surface area contributed by atoms with E-state index in [1.165, 1.54) is 0 Å². The smallest absolute Gasteiger partial charge is 0.488 e. The fourth-order valence-corrected chi connectivity index (χ4v) is 7.53. The highest BCUT2D eigenvalue weighted by molar-refractivity contribution is 7.61. The van der Waals surface area contributed by atoms with Gasteiger partial charge in [0.25, 0.3) is 0 Å². The predicted octanol–water partition coefficient (Wildman–Crippen LogP) is -3.24. The van der Waals surface area contributed by atoms with Crippen LogP contribution in [0.3, 0.4) is 0 Å². The summed E-state index contributed by atoms with van der Waals surface area (Å²) in [5.41, 5.74) is 0. The van der Waals surface area contributed by atoms with E-state index in [-0.39, 0.29) is 0 Å². The Balaban J connectivity index is 3.75. The fourth-order valence-electron chi connectivity index (χ4n) is 2.65. The Hall–Kier alpha value is 0.540. The van der Waals surface area contributed by atoms with Gasteiger partial charge in [0.1, 0.15) is 18.3 Å². The molecule has 1 rings (SSSR count). The van der Waals surface area contributed by atoms with Crippen molar-refractivity contribution in [1.29, 1.82) is 0 Å². The molecular weight excluding hydrogens is 673 g/mol. The molecule has 1 saturated carbocycles. The van der Waals surface area contributed by atoms with Crippen molar-refractivity contribution >= 4 is 56.1 Å². The third-order valence-corrected chi connectivity index (χ3v) is 9.14. The maximum absolute atomic E-state index is 12.1. The maximum atomic E-state index is 12.1. The summed E-state index contributed by atoms with van der Waals surface area (Å²) < 4.78 is 107. The quantitative estimate of drug-likeness (QED) is 0.0882. The van der Waals surface area contributed by atoms with E-state index in [0.717, 1.165) is 0 Å². The summed E-state index contributed by atoms with van der Waals surface area (Å²) in [5, 5.41) is 10.4. The summed E-state index contributed by atoms with van der Waals surface area (Å²) in [6.07, 6.45) is -17.3. The normalized spacial score (nSPS) is 31.7. The van der Waals surface area contributed by atoms with Gasteiger partial charge in [0.2, 0.25) is 0 Å². The monoisotopic (exact) mass is 686 g/mol. The maximum Gasteiger partial charge on any atom is 0.488 e. The van der Waals surface area contributed by atoms with Gasteiger partial charge in [-0.15, -0.1) is 13.6 Å². The van der Waals surface area contributed by atoms with Crippen LogP contribution in [0.15, 0.2) is 0 Å². The SMILES string of the molecule is O=[P+]([O-])O[C@@H]1[C@@H](OP(=O)(O)OP(=O)(O)O)[C@@H](O[P+](=O)[O-])[C@@H](O[P+](=O)[O-])[C@@H](O)[C@H]1OP(=O)(O)OP(=O)(O)O. The summed E-state index contributed by atoms with van der Waals surface area (Å²) >= 11 is 0. The van der Waals surface area contributed by atoms with Crippen LogP contribution in [-0.2, 0) is 63.2 Å². The lowest BCUT2D eigenvalue weighted by molar-refractivity contribution is -0.248. The zero-order valence-corrected chi connectivity index (χ0v) is 22.9. The van der Waals surface area contributed by atoms with Gasteiger partial charge in [-0.05, 0) is 13.7 Å². The number of aliphatic hydroxyl groups is 1. The second-order valence-electron chi connectivity index (χ2n) is 6.09. The van der Waals surface area contributed by atoms with Crippen LogP contribution in [0.1, 0.15) is 0 Å². The van der Waals surface area contributed by atoms with Crippen LogP contribution in [-0.4, -0.2) is 71.1 Å². The van der Waals surface area contributed by atoms with E-state index >= 15 is 0 Å². The summed E-state index contributed by atoms with van der Waals surface area (Å²) in [6.45, 7) is 0. The first-order valence-corrected chi connectivity index (χ1v) is 17.4. The standard InChI is InChI=1S/C6H13O24P7/c7-1-2(24-31(8)9)4(25-32(10)11)6(28-37(22,23)30-35(17,18)19)5(26-33(12)13)3(1)27-36(20,21)29-34(14,15)16/h1-7H,(H,20,21)(H,22,23)(H2,14,15,16)(H2,17,18,19)/t1-,2+,3-,4+,5+,6+/m1/s1. The third kappa shape index (κ3) is 12.7. The van der Waals surface area contributed by atoms with Crippen LogP contribution < -0.4 is 14.7 Å². The molecule has 5 unspecified atom stereocenters. The van der Waals surface area contributed by atoms with E-state index in [1.807, 2.05) is 0 Å². The lowest BCUT2D eigenvalue weighted by atomic mass is 9.85. The van der Waals surface area contributed by atoms with Gasteiger partial charge in [-0.25, -0.2) is 18.3 Å². The molecule has 0 radical (unpaired) electrons. The number of aliphatic hydroxyl groups excluding tert-OH is 1. The molecule has 0 aliphatic heterocycles. The van der Waals surface area contributed by atoms with Crippen molar-refractivity contribution in [3.05, 3.63) is 0 Å². The summed E-state index contributed by atoms with van der Waals surface area (Å²) in [4.78, 5) is 87.4. The average Bonchev–Trinajstić information content (AvgIpc) is 2.59. The third-order valence-electron chi connectivity index (χ3n) is 3.52. The highest BCUT2D eigenvalue weighted by Crippen LogP contribution is 2.62. The molecule has 24 nitrogen and oxygen atoms in total. The molecule has 1 aliphatic rings. The van der Waals surface area contributed by atoms with E-state index in [4.69, 9.17) is 19.6 Å². The molecule has 0 amide bonds. The highest BCUT2D eigenvalue weighted by atomic mass is 31.3. The fraction of sp³-hybridized carbons (Fsp3) is 1.00. The number of rotatable bonds is 14. The van der Waals surface area contributed by atoms with Gasteiger partial charge in [-0.1, -0.05) is 0 Å². The molecule has 0 aromatic rings. The summed E-state index contributed by atoms with van der Waals surface area (Å²) in [5.74, 6) is 0. The van der Waals surface area contributed by atoms with E-state index in [1.54, 1.807) is 0 Å². The Morgan fingerprint density at radius 2 is 0.838 bits per heavy atom. The molecule has 1 fully saturated rings. The molecule has 0 spiro atoms. The van der Waals surface area contributed by atoms with Crippen molar-refractivity contribution in [2.24, 2.45) is 0 Å². The molecule has 7 N–H and O–H groups in total. The first kappa shape index (κ1) is 35.6. The lowest BCUT2D eigenvalue weighted by Gasteiger charge is -2.42. The number of phosphoric ester groups is 2. The van der Waals surface area contributed by atoms with Gasteiger partial charge in [-0.2, -0.15) is 8.62 Å². The number of phosphoric acid groups is 4. The zero-order chi connectivity index (χ0) is 29.1. The molecule has 0 aromatic carbocycles. The molecule has 216 valence electrons. The average molecular weight is 686 g/mol. The minimum atomic E-state index is -6.18. The topological polar surface area (TPSA) is 395 Å². The van der Waals surface area contributed by atoms with Gasteiger partial charge in [0, 0.05) is 0 Å². The van der Waals surface area contributed by atoms with Crippen LogP contribution in [0.25, 0.3) is 0 Å². The van der Waals surface area contributed by atoms with Crippen LogP contribution in [0.2, 0.25) is 0 Å². The van der Waals surface area contributed by atoms with E-state index in [0.29, 0.717) is 0 Å². The van der Waals surface area contributed by atoms with E-state index in [2.05, 4.69) is 31.2 Å². The Morgan fingerprint density at radius 3 is 1.16 bits per heavy atom.